The summed E-state index contributed by atoms with van der Waals surface area (Å²) in [4.78, 5) is 15.1. The van der Waals surface area contributed by atoms with Gasteiger partial charge in [0.15, 0.2) is 0 Å². The van der Waals surface area contributed by atoms with E-state index in [4.69, 9.17) is 0 Å². The third-order valence-electron chi connectivity index (χ3n) is 2.13. The van der Waals surface area contributed by atoms with E-state index >= 15 is 0 Å². The number of hydrogen-bond donors (Lipinski definition) is 1. The molecule has 0 bridgehead atoms. The van der Waals surface area contributed by atoms with E-state index in [1.165, 1.54) is 24.3 Å². The summed E-state index contributed by atoms with van der Waals surface area (Å²) in [5, 5.41) is 2.32. The van der Waals surface area contributed by atoms with Crippen LogP contribution in [-0.4, -0.2) is 10.9 Å². The summed E-state index contributed by atoms with van der Waals surface area (Å²) < 4.78 is 26.9. The Morgan fingerprint density at radius 2 is 2.00 bits per heavy atom. The highest BCUT2D eigenvalue weighted by Crippen LogP contribution is 2.19. The summed E-state index contributed by atoms with van der Waals surface area (Å²) >= 11 is 3.10. The standard InChI is InChI=1S/C12H7BrF2N2O/c13-7-4-5-9(8(14)6-7)17-12(18)10-2-1-3-11(15)16-10/h1-6H,(H,17,18). The minimum absolute atomic E-state index is 0.00858. The quantitative estimate of drug-likeness (QED) is 0.864. The van der Waals surface area contributed by atoms with Gasteiger partial charge in [-0.15, -0.1) is 0 Å². The Labute approximate surface area is 110 Å². The first-order valence-electron chi connectivity index (χ1n) is 4.95. The van der Waals surface area contributed by atoms with Crippen molar-refractivity contribution in [2.75, 3.05) is 5.32 Å². The summed E-state index contributed by atoms with van der Waals surface area (Å²) in [7, 11) is 0. The Morgan fingerprint density at radius 1 is 1.22 bits per heavy atom. The van der Waals surface area contributed by atoms with Crippen molar-refractivity contribution in [3.05, 3.63) is 58.3 Å². The van der Waals surface area contributed by atoms with Gasteiger partial charge in [0.05, 0.1) is 5.69 Å². The van der Waals surface area contributed by atoms with Gasteiger partial charge >= 0.3 is 0 Å². The number of benzene rings is 1. The Bertz CT molecular complexity index is 604. The van der Waals surface area contributed by atoms with Crippen molar-refractivity contribution in [3.8, 4) is 0 Å². The fourth-order valence-electron chi connectivity index (χ4n) is 1.31. The molecule has 0 spiro atoms. The van der Waals surface area contributed by atoms with Gasteiger partial charge in [0.25, 0.3) is 5.91 Å². The third-order valence-corrected chi connectivity index (χ3v) is 2.62. The van der Waals surface area contributed by atoms with Gasteiger partial charge in [0.2, 0.25) is 5.95 Å². The molecule has 0 aliphatic carbocycles. The van der Waals surface area contributed by atoms with Crippen molar-refractivity contribution < 1.29 is 13.6 Å². The SMILES string of the molecule is O=C(Nc1ccc(Br)cc1F)c1cccc(F)n1. The van der Waals surface area contributed by atoms with Gasteiger partial charge in [-0.05, 0) is 30.3 Å². The normalized spacial score (nSPS) is 10.2. The van der Waals surface area contributed by atoms with Crippen LogP contribution < -0.4 is 5.32 Å². The minimum Gasteiger partial charge on any atom is -0.318 e. The highest BCUT2D eigenvalue weighted by molar-refractivity contribution is 9.10. The number of hydrogen-bond acceptors (Lipinski definition) is 2. The zero-order valence-electron chi connectivity index (χ0n) is 8.95. The van der Waals surface area contributed by atoms with Crippen LogP contribution in [0.3, 0.4) is 0 Å². The molecule has 1 amide bonds. The molecule has 2 aromatic rings. The lowest BCUT2D eigenvalue weighted by Gasteiger charge is -2.06. The molecule has 6 heteroatoms. The molecule has 0 saturated heterocycles. The zero-order valence-corrected chi connectivity index (χ0v) is 10.5. The molecule has 0 atom stereocenters. The van der Waals surface area contributed by atoms with Crippen LogP contribution in [0.2, 0.25) is 0 Å². The maximum atomic E-state index is 13.5. The molecule has 1 heterocycles. The van der Waals surface area contributed by atoms with E-state index in [-0.39, 0.29) is 11.4 Å². The van der Waals surface area contributed by atoms with E-state index in [0.717, 1.165) is 6.07 Å². The second-order valence-electron chi connectivity index (χ2n) is 3.42. The van der Waals surface area contributed by atoms with E-state index in [1.54, 1.807) is 6.07 Å². The van der Waals surface area contributed by atoms with E-state index in [2.05, 4.69) is 26.2 Å². The Morgan fingerprint density at radius 3 is 2.67 bits per heavy atom. The fourth-order valence-corrected chi connectivity index (χ4v) is 1.65. The average Bonchev–Trinajstić information content (AvgIpc) is 2.32. The Hall–Kier alpha value is -1.82. The first-order chi connectivity index (χ1) is 8.56. The number of carbonyl (C=O) groups excluding carboxylic acids is 1. The van der Waals surface area contributed by atoms with Crippen LogP contribution >= 0.6 is 15.9 Å². The summed E-state index contributed by atoms with van der Waals surface area (Å²) in [5.74, 6) is -2.02. The largest absolute Gasteiger partial charge is 0.318 e. The van der Waals surface area contributed by atoms with Gasteiger partial charge in [-0.25, -0.2) is 9.37 Å². The number of pyridine rings is 1. The molecule has 0 fully saturated rings. The Balaban J connectivity index is 2.21. The predicted octanol–water partition coefficient (Wildman–Crippen LogP) is 3.37. The van der Waals surface area contributed by atoms with Crippen molar-refractivity contribution >= 4 is 27.5 Å². The van der Waals surface area contributed by atoms with Crippen LogP contribution in [0.15, 0.2) is 40.9 Å². The molecule has 1 N–H and O–H groups in total. The van der Waals surface area contributed by atoms with Crippen molar-refractivity contribution in [1.82, 2.24) is 4.98 Å². The Kier molecular flexibility index (Phi) is 3.66. The fraction of sp³-hybridized carbons (Fsp3) is 0. The monoisotopic (exact) mass is 312 g/mol. The molecule has 0 unspecified atom stereocenters. The van der Waals surface area contributed by atoms with Gasteiger partial charge in [-0.1, -0.05) is 22.0 Å². The summed E-state index contributed by atoms with van der Waals surface area (Å²) in [6, 6.07) is 8.02. The zero-order chi connectivity index (χ0) is 13.1. The van der Waals surface area contributed by atoms with Crippen molar-refractivity contribution in [2.45, 2.75) is 0 Å². The molecular weight excluding hydrogens is 306 g/mol. The topological polar surface area (TPSA) is 42.0 Å². The highest BCUT2D eigenvalue weighted by Gasteiger charge is 2.11. The number of anilines is 1. The molecule has 0 aliphatic heterocycles. The molecule has 3 nitrogen and oxygen atoms in total. The molecule has 92 valence electrons. The molecule has 2 rings (SSSR count). The maximum Gasteiger partial charge on any atom is 0.274 e. The summed E-state index contributed by atoms with van der Waals surface area (Å²) in [6.07, 6.45) is 0. The number of aromatic nitrogens is 1. The number of carbonyl (C=O) groups is 1. The lowest BCUT2D eigenvalue weighted by atomic mass is 10.3. The molecule has 1 aromatic heterocycles. The van der Waals surface area contributed by atoms with E-state index < -0.39 is 17.7 Å². The first kappa shape index (κ1) is 12.6. The highest BCUT2D eigenvalue weighted by atomic mass is 79.9. The molecule has 0 radical (unpaired) electrons. The van der Waals surface area contributed by atoms with Crippen molar-refractivity contribution in [2.24, 2.45) is 0 Å². The average molecular weight is 313 g/mol. The van der Waals surface area contributed by atoms with Gasteiger partial charge in [-0.3, -0.25) is 4.79 Å². The van der Waals surface area contributed by atoms with Gasteiger partial charge in [-0.2, -0.15) is 4.39 Å². The second kappa shape index (κ2) is 5.22. The number of nitrogens with one attached hydrogen (secondary N) is 1. The van der Waals surface area contributed by atoms with Gasteiger partial charge in [0, 0.05) is 4.47 Å². The van der Waals surface area contributed by atoms with E-state index in [0.29, 0.717) is 4.47 Å². The van der Waals surface area contributed by atoms with Gasteiger partial charge < -0.3 is 5.32 Å². The van der Waals surface area contributed by atoms with Crippen LogP contribution in [-0.2, 0) is 0 Å². The van der Waals surface area contributed by atoms with Crippen LogP contribution in [0, 0.1) is 11.8 Å². The van der Waals surface area contributed by atoms with Crippen molar-refractivity contribution in [3.63, 3.8) is 0 Å². The van der Waals surface area contributed by atoms with E-state index in [1.807, 2.05) is 0 Å². The third kappa shape index (κ3) is 2.89. The smallest absolute Gasteiger partial charge is 0.274 e. The minimum atomic E-state index is -0.765. The number of halogens is 3. The summed E-state index contributed by atoms with van der Waals surface area (Å²) in [6.45, 7) is 0. The second-order valence-corrected chi connectivity index (χ2v) is 4.34. The van der Waals surface area contributed by atoms with Crippen LogP contribution in [0.5, 0.6) is 0 Å². The first-order valence-corrected chi connectivity index (χ1v) is 5.74. The molecular formula is C12H7BrF2N2O. The van der Waals surface area contributed by atoms with Crippen LogP contribution in [0.25, 0.3) is 0 Å². The molecule has 0 saturated carbocycles. The van der Waals surface area contributed by atoms with Crippen molar-refractivity contribution in [1.29, 1.82) is 0 Å². The number of nitrogens with zero attached hydrogens (tertiary/aromatic N) is 1. The summed E-state index contributed by atoms with van der Waals surface area (Å²) in [5.41, 5.74) is -0.105. The number of amides is 1. The number of rotatable bonds is 2. The molecule has 1 aromatic carbocycles. The van der Waals surface area contributed by atoms with Gasteiger partial charge in [0.1, 0.15) is 11.5 Å². The lowest BCUT2D eigenvalue weighted by Crippen LogP contribution is -2.15. The van der Waals surface area contributed by atoms with Crippen LogP contribution in [0.4, 0.5) is 14.5 Å². The van der Waals surface area contributed by atoms with E-state index in [9.17, 15) is 13.6 Å². The predicted molar refractivity (Wildman–Crippen MR) is 66.2 cm³/mol. The maximum absolute atomic E-state index is 13.5. The van der Waals surface area contributed by atoms with Crippen LogP contribution in [0.1, 0.15) is 10.5 Å². The molecule has 18 heavy (non-hydrogen) atoms. The lowest BCUT2D eigenvalue weighted by molar-refractivity contribution is 0.102. The molecule has 0 aliphatic rings.